The number of nitro groups is 1. The monoisotopic (exact) mass is 241 g/mol. The van der Waals surface area contributed by atoms with Crippen molar-refractivity contribution in [1.82, 2.24) is 4.98 Å². The zero-order valence-electron chi connectivity index (χ0n) is 9.11. The van der Waals surface area contributed by atoms with Crippen molar-refractivity contribution in [2.75, 3.05) is 0 Å². The van der Waals surface area contributed by atoms with Crippen LogP contribution in [0.15, 0.2) is 42.5 Å². The van der Waals surface area contributed by atoms with Crippen LogP contribution in [-0.2, 0) is 0 Å². The molecular weight excluding hydrogens is 234 g/mol. The molecule has 1 heterocycles. The molecule has 6 heteroatoms. The number of aromatic nitrogens is 2. The second-order valence-corrected chi connectivity index (χ2v) is 3.83. The maximum absolute atomic E-state index is 12.1. The first kappa shape index (κ1) is 10.4. The number of rotatable bonds is 1. The van der Waals surface area contributed by atoms with Gasteiger partial charge < -0.3 is 5.21 Å². The highest BCUT2D eigenvalue weighted by molar-refractivity contribution is 5.82. The van der Waals surface area contributed by atoms with Crippen LogP contribution < -0.4 is 4.73 Å². The van der Waals surface area contributed by atoms with Gasteiger partial charge in [-0.1, -0.05) is 12.1 Å². The third kappa shape index (κ3) is 1.43. The Hall–Kier alpha value is -2.76. The van der Waals surface area contributed by atoms with Gasteiger partial charge >= 0.3 is 0 Å². The zero-order valence-corrected chi connectivity index (χ0v) is 9.11. The fourth-order valence-corrected chi connectivity index (χ4v) is 1.88. The highest BCUT2D eigenvalue weighted by Crippen LogP contribution is 2.19. The number of benzene rings is 2. The van der Waals surface area contributed by atoms with E-state index in [9.17, 15) is 15.3 Å². The Morgan fingerprint density at radius 1 is 1.06 bits per heavy atom. The molecule has 0 amide bonds. The molecule has 88 valence electrons. The molecule has 0 unspecified atom stereocenters. The van der Waals surface area contributed by atoms with E-state index in [2.05, 4.69) is 4.98 Å². The van der Waals surface area contributed by atoms with Gasteiger partial charge in [-0.2, -0.15) is 4.73 Å². The molecule has 2 aromatic carbocycles. The molecule has 0 saturated heterocycles. The van der Waals surface area contributed by atoms with Crippen LogP contribution in [0.1, 0.15) is 0 Å². The fourth-order valence-electron chi connectivity index (χ4n) is 1.88. The third-order valence-electron chi connectivity index (χ3n) is 2.73. The van der Waals surface area contributed by atoms with Gasteiger partial charge in [-0.3, -0.25) is 10.1 Å². The fraction of sp³-hybridized carbons (Fsp3) is 0. The minimum Gasteiger partial charge on any atom is -0.618 e. The van der Waals surface area contributed by atoms with Crippen molar-refractivity contribution in [2.24, 2.45) is 0 Å². The third-order valence-corrected chi connectivity index (χ3v) is 2.73. The van der Waals surface area contributed by atoms with E-state index in [0.717, 1.165) is 4.73 Å². The number of para-hydroxylation sites is 2. The Kier molecular flexibility index (Phi) is 2.09. The summed E-state index contributed by atoms with van der Waals surface area (Å²) >= 11 is 0. The van der Waals surface area contributed by atoms with Gasteiger partial charge in [0, 0.05) is 24.3 Å². The van der Waals surface area contributed by atoms with Crippen LogP contribution in [0.5, 0.6) is 0 Å². The van der Waals surface area contributed by atoms with E-state index in [1.54, 1.807) is 24.3 Å². The summed E-state index contributed by atoms with van der Waals surface area (Å²) in [5.74, 6) is 0. The van der Waals surface area contributed by atoms with Crippen LogP contribution in [0.3, 0.4) is 0 Å². The van der Waals surface area contributed by atoms with Gasteiger partial charge in [0.1, 0.15) is 11.0 Å². The molecule has 3 aromatic rings. The normalized spacial score (nSPS) is 10.9. The van der Waals surface area contributed by atoms with E-state index in [-0.39, 0.29) is 5.69 Å². The van der Waals surface area contributed by atoms with Gasteiger partial charge in [-0.05, 0) is 6.07 Å². The maximum Gasteiger partial charge on any atom is 0.272 e. The summed E-state index contributed by atoms with van der Waals surface area (Å²) in [6.45, 7) is 0. The second kappa shape index (κ2) is 3.63. The van der Waals surface area contributed by atoms with Crippen molar-refractivity contribution in [3.8, 4) is 0 Å². The molecule has 0 bridgehead atoms. The maximum atomic E-state index is 12.1. The second-order valence-electron chi connectivity index (χ2n) is 3.83. The lowest BCUT2D eigenvalue weighted by Gasteiger charge is -2.04. The van der Waals surface area contributed by atoms with Gasteiger partial charge in [0.25, 0.3) is 5.69 Å². The standard InChI is InChI=1S/C12H7N3O3/c16-14-11-4-2-1-3-9(11)13-10-7-8(15(17)18)5-6-12(10)14/h1-7H. The van der Waals surface area contributed by atoms with Gasteiger partial charge in [0.2, 0.25) is 11.0 Å². The predicted octanol–water partition coefficient (Wildman–Crippen LogP) is 1.93. The summed E-state index contributed by atoms with van der Waals surface area (Å²) in [4.78, 5) is 14.4. The molecule has 18 heavy (non-hydrogen) atoms. The topological polar surface area (TPSA) is 83.0 Å². The largest absolute Gasteiger partial charge is 0.618 e. The van der Waals surface area contributed by atoms with Gasteiger partial charge in [0.15, 0.2) is 0 Å². The highest BCUT2D eigenvalue weighted by Gasteiger charge is 2.15. The molecule has 0 radical (unpaired) electrons. The van der Waals surface area contributed by atoms with Crippen LogP contribution in [0, 0.1) is 15.3 Å². The molecule has 6 nitrogen and oxygen atoms in total. The lowest BCUT2D eigenvalue weighted by atomic mass is 10.2. The first-order valence-corrected chi connectivity index (χ1v) is 5.23. The summed E-state index contributed by atoms with van der Waals surface area (Å²) in [6.07, 6.45) is 0. The molecule has 0 atom stereocenters. The van der Waals surface area contributed by atoms with Crippen molar-refractivity contribution < 1.29 is 9.65 Å². The quantitative estimate of drug-likeness (QED) is 0.214. The Morgan fingerprint density at radius 2 is 1.78 bits per heavy atom. The van der Waals surface area contributed by atoms with E-state index in [1.807, 2.05) is 0 Å². The first-order chi connectivity index (χ1) is 8.66. The smallest absolute Gasteiger partial charge is 0.272 e. The molecule has 0 aliphatic heterocycles. The SMILES string of the molecule is O=[N+]([O-])c1ccc2c(c1)nc1ccccc1[n+]2[O-]. The van der Waals surface area contributed by atoms with Crippen LogP contribution in [-0.4, -0.2) is 9.91 Å². The number of nitro benzene ring substituents is 1. The van der Waals surface area contributed by atoms with Crippen LogP contribution in [0.4, 0.5) is 5.69 Å². The first-order valence-electron chi connectivity index (χ1n) is 5.23. The summed E-state index contributed by atoms with van der Waals surface area (Å²) in [5.41, 5.74) is 1.52. The molecule has 0 aliphatic carbocycles. The van der Waals surface area contributed by atoms with E-state index < -0.39 is 4.92 Å². The van der Waals surface area contributed by atoms with Gasteiger partial charge in [-0.15, -0.1) is 0 Å². The van der Waals surface area contributed by atoms with Crippen molar-refractivity contribution in [1.29, 1.82) is 0 Å². The lowest BCUT2D eigenvalue weighted by Crippen LogP contribution is -2.28. The number of non-ortho nitro benzene ring substituents is 1. The lowest BCUT2D eigenvalue weighted by molar-refractivity contribution is -0.548. The Morgan fingerprint density at radius 3 is 2.56 bits per heavy atom. The Labute approximate surface area is 101 Å². The number of fused-ring (bicyclic) bond motifs is 2. The summed E-state index contributed by atoms with van der Waals surface area (Å²) < 4.78 is 0.737. The van der Waals surface area contributed by atoms with Crippen molar-refractivity contribution >= 4 is 27.8 Å². The van der Waals surface area contributed by atoms with E-state index in [0.29, 0.717) is 22.1 Å². The van der Waals surface area contributed by atoms with E-state index in [4.69, 9.17) is 0 Å². The van der Waals surface area contributed by atoms with Gasteiger partial charge in [-0.25, -0.2) is 4.98 Å². The molecule has 0 saturated carbocycles. The van der Waals surface area contributed by atoms with Crippen molar-refractivity contribution in [3.63, 3.8) is 0 Å². The summed E-state index contributed by atoms with van der Waals surface area (Å²) in [6, 6.07) is 10.9. The Bertz CT molecular complexity index is 786. The molecule has 0 spiro atoms. The van der Waals surface area contributed by atoms with E-state index in [1.165, 1.54) is 18.2 Å². The number of hydrogen-bond acceptors (Lipinski definition) is 4. The van der Waals surface area contributed by atoms with Crippen molar-refractivity contribution in [2.45, 2.75) is 0 Å². The molecule has 0 fully saturated rings. The van der Waals surface area contributed by atoms with Crippen LogP contribution in [0.25, 0.3) is 22.1 Å². The molecule has 3 rings (SSSR count). The van der Waals surface area contributed by atoms with Crippen LogP contribution >= 0.6 is 0 Å². The van der Waals surface area contributed by atoms with Crippen LogP contribution in [0.2, 0.25) is 0 Å². The van der Waals surface area contributed by atoms with Crippen molar-refractivity contribution in [3.05, 3.63) is 57.8 Å². The molecular formula is C12H7N3O3. The summed E-state index contributed by atoms with van der Waals surface area (Å²) in [7, 11) is 0. The summed E-state index contributed by atoms with van der Waals surface area (Å²) in [5, 5.41) is 22.8. The average Bonchev–Trinajstić information content (AvgIpc) is 2.38. The molecule has 1 aromatic heterocycles. The zero-order chi connectivity index (χ0) is 12.7. The number of hydrogen-bond donors (Lipinski definition) is 0. The number of nitrogens with zero attached hydrogens (tertiary/aromatic N) is 3. The highest BCUT2D eigenvalue weighted by atomic mass is 16.6. The van der Waals surface area contributed by atoms with Gasteiger partial charge in [0.05, 0.1) is 4.92 Å². The minimum absolute atomic E-state index is 0.0784. The Balaban J connectivity index is 2.44. The predicted molar refractivity (Wildman–Crippen MR) is 64.9 cm³/mol. The molecule has 0 N–H and O–H groups in total. The van der Waals surface area contributed by atoms with E-state index >= 15 is 0 Å². The minimum atomic E-state index is -0.508. The molecule has 0 aliphatic rings. The average molecular weight is 241 g/mol.